The number of nitrogens with zero attached hydrogens (tertiary/aromatic N) is 2. The molecule has 3 rings (SSSR count). The number of carbonyl (C=O) groups excluding carboxylic acids is 1. The van der Waals surface area contributed by atoms with Crippen molar-refractivity contribution in [1.29, 1.82) is 0 Å². The van der Waals surface area contributed by atoms with E-state index in [9.17, 15) is 22.4 Å². The van der Waals surface area contributed by atoms with Crippen molar-refractivity contribution in [3.05, 3.63) is 60.3 Å². The van der Waals surface area contributed by atoms with Crippen LogP contribution in [0.25, 0.3) is 11.3 Å². The summed E-state index contributed by atoms with van der Waals surface area (Å²) >= 11 is 1.08. The van der Waals surface area contributed by atoms with Gasteiger partial charge < -0.3 is 14.8 Å². The van der Waals surface area contributed by atoms with Crippen LogP contribution in [0.5, 0.6) is 11.5 Å². The molecule has 0 atom stereocenters. The summed E-state index contributed by atoms with van der Waals surface area (Å²) < 4.78 is 58.1. The van der Waals surface area contributed by atoms with Crippen molar-refractivity contribution in [2.75, 3.05) is 11.1 Å². The van der Waals surface area contributed by atoms with Crippen molar-refractivity contribution in [3.8, 4) is 22.8 Å². The van der Waals surface area contributed by atoms with Crippen LogP contribution in [0.1, 0.15) is 5.56 Å². The standard InChI is InChI=1S/C21H17F4N3O3S/c1-12-9-15(31-20(24)25)5-6-16(12)27-18(29)11-32-21-26-8-7-17(28-21)13-3-2-4-14(10-13)30-19(22)23/h2-10,19-20H,11H2,1H3,(H,27,29). The van der Waals surface area contributed by atoms with Gasteiger partial charge in [0, 0.05) is 17.4 Å². The number of carbonyl (C=O) groups is 1. The second-order valence-corrected chi connectivity index (χ2v) is 7.27. The van der Waals surface area contributed by atoms with Crippen LogP contribution in [0.4, 0.5) is 23.2 Å². The number of halogens is 4. The molecule has 2 aromatic carbocycles. The Bertz CT molecular complexity index is 1090. The number of anilines is 1. The van der Waals surface area contributed by atoms with E-state index in [1.165, 1.54) is 36.5 Å². The first-order valence-corrected chi connectivity index (χ1v) is 10.1. The van der Waals surface area contributed by atoms with Crippen molar-refractivity contribution >= 4 is 23.4 Å². The van der Waals surface area contributed by atoms with Crippen LogP contribution in [0.2, 0.25) is 0 Å². The van der Waals surface area contributed by atoms with Crippen molar-refractivity contribution in [2.24, 2.45) is 0 Å². The predicted molar refractivity (Wildman–Crippen MR) is 111 cm³/mol. The Hall–Kier alpha value is -3.34. The lowest BCUT2D eigenvalue weighted by Crippen LogP contribution is -2.15. The predicted octanol–water partition coefficient (Wildman–Crippen LogP) is 5.39. The SMILES string of the molecule is Cc1cc(OC(F)F)ccc1NC(=O)CSc1nccc(-c2cccc(OC(F)F)c2)n1. The van der Waals surface area contributed by atoms with Crippen molar-refractivity contribution in [3.63, 3.8) is 0 Å². The number of amides is 1. The fourth-order valence-electron chi connectivity index (χ4n) is 2.67. The van der Waals surface area contributed by atoms with E-state index in [0.29, 0.717) is 27.7 Å². The molecule has 32 heavy (non-hydrogen) atoms. The minimum absolute atomic E-state index is 0.00175. The molecule has 0 saturated heterocycles. The highest BCUT2D eigenvalue weighted by molar-refractivity contribution is 7.99. The average Bonchev–Trinajstić information content (AvgIpc) is 2.74. The lowest BCUT2D eigenvalue weighted by Gasteiger charge is -2.11. The Kier molecular flexibility index (Phi) is 7.87. The van der Waals surface area contributed by atoms with Gasteiger partial charge in [0.2, 0.25) is 5.91 Å². The van der Waals surface area contributed by atoms with Crippen LogP contribution >= 0.6 is 11.8 Å². The van der Waals surface area contributed by atoms with Crippen molar-refractivity contribution in [2.45, 2.75) is 25.3 Å². The van der Waals surface area contributed by atoms with E-state index in [-0.39, 0.29) is 23.2 Å². The molecule has 1 N–H and O–H groups in total. The third kappa shape index (κ3) is 6.84. The van der Waals surface area contributed by atoms with Gasteiger partial charge in [-0.25, -0.2) is 9.97 Å². The second-order valence-electron chi connectivity index (χ2n) is 6.32. The summed E-state index contributed by atoms with van der Waals surface area (Å²) in [5.74, 6) is -0.350. The van der Waals surface area contributed by atoms with Crippen LogP contribution in [0.15, 0.2) is 59.9 Å². The molecule has 1 heterocycles. The summed E-state index contributed by atoms with van der Waals surface area (Å²) in [5, 5.41) is 3.00. The molecule has 0 unspecified atom stereocenters. The smallest absolute Gasteiger partial charge is 0.387 e. The fourth-order valence-corrected chi connectivity index (χ4v) is 3.30. The van der Waals surface area contributed by atoms with E-state index in [1.54, 1.807) is 25.1 Å². The summed E-state index contributed by atoms with van der Waals surface area (Å²) in [4.78, 5) is 20.7. The summed E-state index contributed by atoms with van der Waals surface area (Å²) in [6, 6.07) is 11.9. The van der Waals surface area contributed by atoms with Crippen LogP contribution in [0, 0.1) is 6.92 Å². The van der Waals surface area contributed by atoms with Gasteiger partial charge in [-0.2, -0.15) is 17.6 Å². The minimum Gasteiger partial charge on any atom is -0.435 e. The zero-order valence-electron chi connectivity index (χ0n) is 16.6. The normalized spacial score (nSPS) is 11.0. The van der Waals surface area contributed by atoms with Crippen LogP contribution < -0.4 is 14.8 Å². The van der Waals surface area contributed by atoms with E-state index in [1.807, 2.05) is 0 Å². The Balaban J connectivity index is 1.61. The molecule has 0 saturated carbocycles. The third-order valence-electron chi connectivity index (χ3n) is 4.02. The Morgan fingerprint density at radius 2 is 1.75 bits per heavy atom. The lowest BCUT2D eigenvalue weighted by atomic mass is 10.1. The maximum Gasteiger partial charge on any atom is 0.387 e. The fraction of sp³-hybridized carbons (Fsp3) is 0.190. The van der Waals surface area contributed by atoms with Gasteiger partial charge in [0.25, 0.3) is 0 Å². The van der Waals surface area contributed by atoms with E-state index < -0.39 is 13.2 Å². The van der Waals surface area contributed by atoms with E-state index in [4.69, 9.17) is 0 Å². The summed E-state index contributed by atoms with van der Waals surface area (Å²) in [7, 11) is 0. The molecule has 3 aromatic rings. The average molecular weight is 467 g/mol. The lowest BCUT2D eigenvalue weighted by molar-refractivity contribution is -0.113. The number of alkyl halides is 4. The molecule has 0 aliphatic carbocycles. The number of aryl methyl sites for hydroxylation is 1. The van der Waals surface area contributed by atoms with Gasteiger partial charge in [-0.05, 0) is 48.9 Å². The number of aromatic nitrogens is 2. The molecule has 1 aromatic heterocycles. The van der Waals surface area contributed by atoms with Crippen LogP contribution in [-0.4, -0.2) is 34.9 Å². The maximum atomic E-state index is 12.4. The first kappa shape index (κ1) is 23.3. The van der Waals surface area contributed by atoms with Crippen molar-refractivity contribution in [1.82, 2.24) is 9.97 Å². The molecule has 0 bridgehead atoms. The van der Waals surface area contributed by atoms with Gasteiger partial charge in [0.05, 0.1) is 11.4 Å². The Morgan fingerprint density at radius 1 is 1.03 bits per heavy atom. The summed E-state index contributed by atoms with van der Waals surface area (Å²) in [5.41, 5.74) is 2.06. The van der Waals surface area contributed by atoms with E-state index in [0.717, 1.165) is 11.8 Å². The Labute approximate surface area is 185 Å². The zero-order chi connectivity index (χ0) is 23.1. The van der Waals surface area contributed by atoms with Gasteiger partial charge >= 0.3 is 13.2 Å². The van der Waals surface area contributed by atoms with Gasteiger partial charge in [-0.1, -0.05) is 23.9 Å². The number of nitrogens with one attached hydrogen (secondary N) is 1. The molecule has 6 nitrogen and oxygen atoms in total. The molecule has 168 valence electrons. The molecular weight excluding hydrogens is 450 g/mol. The minimum atomic E-state index is -2.93. The highest BCUT2D eigenvalue weighted by atomic mass is 32.2. The molecule has 0 radical (unpaired) electrons. The first-order chi connectivity index (χ1) is 15.3. The summed E-state index contributed by atoms with van der Waals surface area (Å²) in [6.45, 7) is -4.21. The van der Waals surface area contributed by atoms with Gasteiger partial charge in [-0.3, -0.25) is 4.79 Å². The third-order valence-corrected chi connectivity index (χ3v) is 4.88. The highest BCUT2D eigenvalue weighted by Gasteiger charge is 2.11. The zero-order valence-corrected chi connectivity index (χ0v) is 17.4. The molecule has 0 aliphatic heterocycles. The van der Waals surface area contributed by atoms with Gasteiger partial charge in [0.15, 0.2) is 5.16 Å². The quantitative estimate of drug-likeness (QED) is 0.259. The largest absolute Gasteiger partial charge is 0.435 e. The van der Waals surface area contributed by atoms with Crippen molar-refractivity contribution < 1.29 is 31.8 Å². The number of hydrogen-bond acceptors (Lipinski definition) is 6. The highest BCUT2D eigenvalue weighted by Crippen LogP contribution is 2.26. The molecule has 1 amide bonds. The molecule has 11 heteroatoms. The molecule has 0 spiro atoms. The number of hydrogen-bond donors (Lipinski definition) is 1. The van der Waals surface area contributed by atoms with E-state index in [2.05, 4.69) is 24.8 Å². The second kappa shape index (κ2) is 10.8. The first-order valence-electron chi connectivity index (χ1n) is 9.16. The Morgan fingerprint density at radius 3 is 2.44 bits per heavy atom. The topological polar surface area (TPSA) is 73.3 Å². The van der Waals surface area contributed by atoms with Gasteiger partial charge in [0.1, 0.15) is 11.5 Å². The molecule has 0 fully saturated rings. The molecule has 0 aliphatic rings. The maximum absolute atomic E-state index is 12.4. The van der Waals surface area contributed by atoms with Gasteiger partial charge in [-0.15, -0.1) is 0 Å². The van der Waals surface area contributed by atoms with Crippen LogP contribution in [0.3, 0.4) is 0 Å². The number of thioether (sulfide) groups is 1. The van der Waals surface area contributed by atoms with Crippen LogP contribution in [-0.2, 0) is 4.79 Å². The number of benzene rings is 2. The number of ether oxygens (including phenoxy) is 2. The van der Waals surface area contributed by atoms with E-state index >= 15 is 0 Å². The monoisotopic (exact) mass is 467 g/mol. The number of rotatable bonds is 9. The summed E-state index contributed by atoms with van der Waals surface area (Å²) in [6.07, 6.45) is 1.50. The molecular formula is C21H17F4N3O3S.